The van der Waals surface area contributed by atoms with E-state index < -0.39 is 0 Å². The van der Waals surface area contributed by atoms with E-state index in [-0.39, 0.29) is 5.12 Å². The molecule has 0 saturated heterocycles. The highest BCUT2D eigenvalue weighted by atomic mass is 32.1. The summed E-state index contributed by atoms with van der Waals surface area (Å²) < 4.78 is 5.60. The first kappa shape index (κ1) is 14.8. The van der Waals surface area contributed by atoms with Crippen LogP contribution in [0.5, 0.6) is 5.75 Å². The van der Waals surface area contributed by atoms with Crippen molar-refractivity contribution in [2.24, 2.45) is 0 Å². The Morgan fingerprint density at radius 2 is 2.28 bits per heavy atom. The molecule has 1 aromatic rings. The summed E-state index contributed by atoms with van der Waals surface area (Å²) in [4.78, 5) is 10.7. The van der Waals surface area contributed by atoms with Gasteiger partial charge in [0.2, 0.25) is 5.12 Å². The molecular formula is C14H19NO2S. The van der Waals surface area contributed by atoms with E-state index in [1.807, 2.05) is 24.3 Å². The summed E-state index contributed by atoms with van der Waals surface area (Å²) in [6.07, 6.45) is 3.14. The highest BCUT2D eigenvalue weighted by molar-refractivity contribution is 7.97. The zero-order valence-electron chi connectivity index (χ0n) is 10.7. The molecule has 0 heterocycles. The van der Waals surface area contributed by atoms with Crippen LogP contribution in [-0.4, -0.2) is 24.3 Å². The van der Waals surface area contributed by atoms with Gasteiger partial charge < -0.3 is 10.1 Å². The van der Waals surface area contributed by atoms with Gasteiger partial charge in [0, 0.05) is 12.6 Å². The van der Waals surface area contributed by atoms with E-state index in [1.54, 1.807) is 6.08 Å². The van der Waals surface area contributed by atoms with Gasteiger partial charge in [-0.2, -0.15) is 0 Å². The van der Waals surface area contributed by atoms with Crippen molar-refractivity contribution >= 4 is 23.8 Å². The van der Waals surface area contributed by atoms with E-state index in [1.165, 1.54) is 6.08 Å². The molecule has 98 valence electrons. The van der Waals surface area contributed by atoms with E-state index in [9.17, 15) is 4.79 Å². The number of benzene rings is 1. The van der Waals surface area contributed by atoms with E-state index >= 15 is 0 Å². The van der Waals surface area contributed by atoms with Gasteiger partial charge in [0.1, 0.15) is 12.4 Å². The molecule has 18 heavy (non-hydrogen) atoms. The molecule has 0 bridgehead atoms. The fourth-order valence-electron chi connectivity index (χ4n) is 1.39. The molecule has 0 fully saturated rings. The quantitative estimate of drug-likeness (QED) is 0.452. The third kappa shape index (κ3) is 6.47. The van der Waals surface area contributed by atoms with Gasteiger partial charge in [-0.15, -0.1) is 12.6 Å². The number of carbonyl (C=O) groups excluding carboxylic acids is 1. The van der Waals surface area contributed by atoms with Gasteiger partial charge in [0.05, 0.1) is 0 Å². The Morgan fingerprint density at radius 1 is 1.50 bits per heavy atom. The maximum atomic E-state index is 10.7. The van der Waals surface area contributed by atoms with Crippen LogP contribution in [0.15, 0.2) is 30.3 Å². The molecule has 3 nitrogen and oxygen atoms in total. The molecule has 0 aromatic heterocycles. The molecule has 0 aliphatic carbocycles. The molecule has 0 radical (unpaired) electrons. The minimum atomic E-state index is -0.262. The molecule has 0 atom stereocenters. The molecule has 1 rings (SSSR count). The maximum absolute atomic E-state index is 10.7. The second-order valence-corrected chi connectivity index (χ2v) is 4.64. The molecule has 0 saturated carbocycles. The molecule has 0 aliphatic rings. The summed E-state index contributed by atoms with van der Waals surface area (Å²) in [5.74, 6) is 0.800. The fraction of sp³-hybridized carbons (Fsp3) is 0.357. The number of hydrogen-bond acceptors (Lipinski definition) is 3. The number of rotatable bonds is 7. The summed E-state index contributed by atoms with van der Waals surface area (Å²) in [5.41, 5.74) is 0.923. The first-order valence-corrected chi connectivity index (χ1v) is 6.40. The predicted molar refractivity (Wildman–Crippen MR) is 78.1 cm³/mol. The van der Waals surface area contributed by atoms with Crippen LogP contribution in [0, 0.1) is 0 Å². The minimum Gasteiger partial charge on any atom is -0.492 e. The van der Waals surface area contributed by atoms with Gasteiger partial charge in [0.15, 0.2) is 0 Å². The summed E-state index contributed by atoms with van der Waals surface area (Å²) in [6.45, 7) is 5.63. The van der Waals surface area contributed by atoms with Gasteiger partial charge in [-0.1, -0.05) is 32.1 Å². The summed E-state index contributed by atoms with van der Waals surface area (Å²) in [7, 11) is 0. The highest BCUT2D eigenvalue weighted by Gasteiger charge is 1.96. The van der Waals surface area contributed by atoms with Crippen molar-refractivity contribution in [3.05, 3.63) is 35.9 Å². The normalized spacial score (nSPS) is 11.1. The zero-order chi connectivity index (χ0) is 13.4. The first-order chi connectivity index (χ1) is 8.58. The van der Waals surface area contributed by atoms with E-state index in [4.69, 9.17) is 4.74 Å². The third-order valence-corrected chi connectivity index (χ3v) is 2.35. The van der Waals surface area contributed by atoms with Crippen LogP contribution in [0.1, 0.15) is 19.4 Å². The van der Waals surface area contributed by atoms with Crippen LogP contribution in [0.4, 0.5) is 0 Å². The lowest BCUT2D eigenvalue weighted by Gasteiger charge is -2.10. The SMILES string of the molecule is CC(C)NCCOc1cccc(/C=C/C(=O)S)c1. The maximum Gasteiger partial charge on any atom is 0.209 e. The van der Waals surface area contributed by atoms with Crippen molar-refractivity contribution in [1.82, 2.24) is 5.32 Å². The number of ether oxygens (including phenoxy) is 1. The monoisotopic (exact) mass is 265 g/mol. The average molecular weight is 265 g/mol. The molecule has 1 aromatic carbocycles. The number of carbonyl (C=O) groups is 1. The van der Waals surface area contributed by atoms with Crippen LogP contribution in [-0.2, 0) is 4.79 Å². The van der Waals surface area contributed by atoms with Crippen molar-refractivity contribution in [3.8, 4) is 5.75 Å². The largest absolute Gasteiger partial charge is 0.492 e. The molecule has 0 unspecified atom stereocenters. The van der Waals surface area contributed by atoms with E-state index in [0.717, 1.165) is 17.9 Å². The second-order valence-electron chi connectivity index (χ2n) is 4.20. The summed E-state index contributed by atoms with van der Waals surface area (Å²) >= 11 is 3.68. The third-order valence-electron chi connectivity index (χ3n) is 2.20. The van der Waals surface area contributed by atoms with E-state index in [2.05, 4.69) is 31.8 Å². The van der Waals surface area contributed by atoms with E-state index in [0.29, 0.717) is 12.6 Å². The van der Waals surface area contributed by atoms with Gasteiger partial charge >= 0.3 is 0 Å². The lowest BCUT2D eigenvalue weighted by molar-refractivity contribution is -0.106. The van der Waals surface area contributed by atoms with Crippen LogP contribution in [0.25, 0.3) is 6.08 Å². The van der Waals surface area contributed by atoms with Gasteiger partial charge in [0.25, 0.3) is 0 Å². The lowest BCUT2D eigenvalue weighted by Crippen LogP contribution is -2.27. The Labute approximate surface area is 114 Å². The van der Waals surface area contributed by atoms with Crippen LogP contribution < -0.4 is 10.1 Å². The molecule has 0 spiro atoms. The smallest absolute Gasteiger partial charge is 0.209 e. The van der Waals surface area contributed by atoms with Crippen molar-refractivity contribution in [2.75, 3.05) is 13.2 Å². The van der Waals surface area contributed by atoms with Gasteiger partial charge in [-0.05, 0) is 23.8 Å². The molecule has 0 aliphatic heterocycles. The number of nitrogens with one attached hydrogen (secondary N) is 1. The Bertz CT molecular complexity index is 416. The molecule has 1 N–H and O–H groups in total. The Hall–Kier alpha value is -1.26. The Balaban J connectivity index is 2.47. The second kappa shape index (κ2) is 7.95. The molecule has 0 amide bonds. The average Bonchev–Trinajstić information content (AvgIpc) is 2.32. The van der Waals surface area contributed by atoms with Crippen LogP contribution in [0.3, 0.4) is 0 Å². The molecular weight excluding hydrogens is 246 g/mol. The zero-order valence-corrected chi connectivity index (χ0v) is 11.6. The lowest BCUT2D eigenvalue weighted by atomic mass is 10.2. The Morgan fingerprint density at radius 3 is 2.94 bits per heavy atom. The predicted octanol–water partition coefficient (Wildman–Crippen LogP) is 2.53. The van der Waals surface area contributed by atoms with Crippen LogP contribution >= 0.6 is 12.6 Å². The summed E-state index contributed by atoms with van der Waals surface area (Å²) in [5, 5.41) is 3.02. The van der Waals surface area contributed by atoms with Gasteiger partial charge in [-0.25, -0.2) is 0 Å². The summed E-state index contributed by atoms with van der Waals surface area (Å²) in [6, 6.07) is 8.06. The number of hydrogen-bond donors (Lipinski definition) is 2. The van der Waals surface area contributed by atoms with Crippen molar-refractivity contribution in [1.29, 1.82) is 0 Å². The van der Waals surface area contributed by atoms with Crippen molar-refractivity contribution < 1.29 is 9.53 Å². The molecule has 4 heteroatoms. The fourth-order valence-corrected chi connectivity index (χ4v) is 1.47. The van der Waals surface area contributed by atoms with Crippen molar-refractivity contribution in [2.45, 2.75) is 19.9 Å². The Kier molecular flexibility index (Phi) is 6.54. The highest BCUT2D eigenvalue weighted by Crippen LogP contribution is 2.14. The standard InChI is InChI=1S/C14H19NO2S/c1-11(2)15-8-9-17-13-5-3-4-12(10-13)6-7-14(16)18/h3-7,10-11,15H,8-9H2,1-2H3,(H,16,18)/b7-6+. The first-order valence-electron chi connectivity index (χ1n) is 5.95. The van der Waals surface area contributed by atoms with Gasteiger partial charge in [-0.3, -0.25) is 4.79 Å². The topological polar surface area (TPSA) is 38.3 Å². The minimum absolute atomic E-state index is 0.262. The van der Waals surface area contributed by atoms with Crippen molar-refractivity contribution in [3.63, 3.8) is 0 Å². The van der Waals surface area contributed by atoms with Crippen LogP contribution in [0.2, 0.25) is 0 Å². The number of thiol groups is 1.